The highest BCUT2D eigenvalue weighted by Crippen LogP contribution is 2.28. The summed E-state index contributed by atoms with van der Waals surface area (Å²) in [5, 5.41) is 19.3. The molecule has 0 aliphatic heterocycles. The van der Waals surface area contributed by atoms with Crippen LogP contribution >= 0.6 is 11.6 Å². The Bertz CT molecular complexity index is 564. The van der Waals surface area contributed by atoms with E-state index in [4.69, 9.17) is 16.3 Å². The molecule has 110 valence electrons. The van der Waals surface area contributed by atoms with Crippen LogP contribution in [0.1, 0.15) is 37.3 Å². The minimum atomic E-state index is -0.852. The minimum absolute atomic E-state index is 0.241. The van der Waals surface area contributed by atoms with Gasteiger partial charge in [-0.25, -0.2) is 0 Å². The van der Waals surface area contributed by atoms with Gasteiger partial charge in [0.25, 0.3) is 0 Å². The normalized spacial score (nSPS) is 13.1. The van der Waals surface area contributed by atoms with Crippen molar-refractivity contribution in [2.75, 3.05) is 13.7 Å². The zero-order valence-electron chi connectivity index (χ0n) is 11.8. The van der Waals surface area contributed by atoms with Gasteiger partial charge in [-0.3, -0.25) is 9.36 Å². The summed E-state index contributed by atoms with van der Waals surface area (Å²) >= 11 is 6.13. The third-order valence-corrected chi connectivity index (χ3v) is 3.36. The van der Waals surface area contributed by atoms with Crippen LogP contribution in [0, 0.1) is 0 Å². The Morgan fingerprint density at radius 1 is 1.35 bits per heavy atom. The van der Waals surface area contributed by atoms with E-state index in [2.05, 4.69) is 10.2 Å². The van der Waals surface area contributed by atoms with Crippen molar-refractivity contribution in [3.8, 4) is 0 Å². The third-order valence-electron chi connectivity index (χ3n) is 3.07. The highest BCUT2D eigenvalue weighted by atomic mass is 35.5. The van der Waals surface area contributed by atoms with E-state index in [0.29, 0.717) is 29.4 Å². The molecule has 0 amide bonds. The number of rotatable bonds is 6. The van der Waals surface area contributed by atoms with Crippen LogP contribution in [-0.4, -0.2) is 38.4 Å². The summed E-state index contributed by atoms with van der Waals surface area (Å²) in [6.45, 7) is 5.09. The molecule has 0 aliphatic carbocycles. The summed E-state index contributed by atoms with van der Waals surface area (Å²) in [6, 6.07) is 0.241. The molecule has 1 atom stereocenters. The molecule has 2 aromatic heterocycles. The molecular formula is C13H19ClN4O2. The lowest BCUT2D eigenvalue weighted by Gasteiger charge is -2.12. The summed E-state index contributed by atoms with van der Waals surface area (Å²) in [5.41, 5.74) is 1.26. The molecule has 0 radical (unpaired) electrons. The zero-order valence-corrected chi connectivity index (χ0v) is 12.6. The van der Waals surface area contributed by atoms with E-state index in [0.717, 1.165) is 0 Å². The summed E-state index contributed by atoms with van der Waals surface area (Å²) in [5.74, 6) is 0. The van der Waals surface area contributed by atoms with Crippen molar-refractivity contribution in [2.24, 2.45) is 0 Å². The number of ether oxygens (including phenoxy) is 1. The first-order valence-electron chi connectivity index (χ1n) is 6.46. The first-order chi connectivity index (χ1) is 9.54. The Balaban J connectivity index is 2.27. The van der Waals surface area contributed by atoms with E-state index in [-0.39, 0.29) is 6.04 Å². The highest BCUT2D eigenvalue weighted by Gasteiger charge is 2.21. The van der Waals surface area contributed by atoms with Crippen LogP contribution in [-0.2, 0) is 11.3 Å². The van der Waals surface area contributed by atoms with Gasteiger partial charge in [0, 0.05) is 24.9 Å². The van der Waals surface area contributed by atoms with Gasteiger partial charge >= 0.3 is 0 Å². The lowest BCUT2D eigenvalue weighted by Crippen LogP contribution is -2.13. The summed E-state index contributed by atoms with van der Waals surface area (Å²) in [6.07, 6.45) is 4.14. The van der Waals surface area contributed by atoms with Gasteiger partial charge in [0.05, 0.1) is 36.3 Å². The molecule has 2 heterocycles. The Kier molecular flexibility index (Phi) is 4.80. The van der Waals surface area contributed by atoms with Gasteiger partial charge in [-0.2, -0.15) is 10.2 Å². The van der Waals surface area contributed by atoms with Crippen LogP contribution in [0.15, 0.2) is 18.6 Å². The van der Waals surface area contributed by atoms with Crippen molar-refractivity contribution in [3.63, 3.8) is 0 Å². The van der Waals surface area contributed by atoms with Gasteiger partial charge in [0.2, 0.25) is 0 Å². The fraction of sp³-hybridized carbons (Fsp3) is 0.538. The summed E-state index contributed by atoms with van der Waals surface area (Å²) in [7, 11) is 1.62. The smallest absolute Gasteiger partial charge is 0.125 e. The monoisotopic (exact) mass is 298 g/mol. The summed E-state index contributed by atoms with van der Waals surface area (Å²) in [4.78, 5) is 0. The predicted octanol–water partition coefficient (Wildman–Crippen LogP) is 2.04. The second-order valence-electron chi connectivity index (χ2n) is 4.84. The molecule has 2 rings (SSSR count). The van der Waals surface area contributed by atoms with Crippen molar-refractivity contribution >= 4 is 11.6 Å². The van der Waals surface area contributed by atoms with E-state index in [1.54, 1.807) is 22.7 Å². The molecule has 20 heavy (non-hydrogen) atoms. The minimum Gasteiger partial charge on any atom is -0.383 e. The molecule has 1 unspecified atom stereocenters. The predicted molar refractivity (Wildman–Crippen MR) is 75.8 cm³/mol. The molecular weight excluding hydrogens is 280 g/mol. The van der Waals surface area contributed by atoms with Gasteiger partial charge in [0.1, 0.15) is 6.10 Å². The van der Waals surface area contributed by atoms with Crippen molar-refractivity contribution in [1.29, 1.82) is 0 Å². The van der Waals surface area contributed by atoms with E-state index in [1.807, 2.05) is 20.0 Å². The van der Waals surface area contributed by atoms with E-state index < -0.39 is 6.10 Å². The maximum Gasteiger partial charge on any atom is 0.125 e. The lowest BCUT2D eigenvalue weighted by atomic mass is 10.1. The standard InChI is InChI=1S/C13H19ClN4O2/c1-9(2)18-8-10(6-15-18)13(19)12-11(14)7-16-17(12)4-5-20-3/h6-9,13,19H,4-5H2,1-3H3. The van der Waals surface area contributed by atoms with Gasteiger partial charge < -0.3 is 9.84 Å². The van der Waals surface area contributed by atoms with Crippen molar-refractivity contribution in [2.45, 2.75) is 32.5 Å². The number of aromatic nitrogens is 4. The Hall–Kier alpha value is -1.37. The number of methoxy groups -OCH3 is 1. The van der Waals surface area contributed by atoms with Gasteiger partial charge in [0.15, 0.2) is 0 Å². The first kappa shape index (κ1) is 15.0. The number of aliphatic hydroxyl groups excluding tert-OH is 1. The number of hydrogen-bond acceptors (Lipinski definition) is 4. The van der Waals surface area contributed by atoms with Crippen molar-refractivity contribution in [3.05, 3.63) is 34.9 Å². The molecule has 0 spiro atoms. The average Bonchev–Trinajstić information content (AvgIpc) is 3.02. The van der Waals surface area contributed by atoms with E-state index >= 15 is 0 Å². The van der Waals surface area contributed by atoms with E-state index in [1.165, 1.54) is 6.20 Å². The zero-order chi connectivity index (χ0) is 14.7. The largest absolute Gasteiger partial charge is 0.383 e. The molecule has 1 N–H and O–H groups in total. The van der Waals surface area contributed by atoms with Crippen LogP contribution in [0.5, 0.6) is 0 Å². The maximum atomic E-state index is 10.5. The first-order valence-corrected chi connectivity index (χ1v) is 6.84. The Morgan fingerprint density at radius 3 is 2.70 bits per heavy atom. The molecule has 0 saturated carbocycles. The quantitative estimate of drug-likeness (QED) is 0.886. The van der Waals surface area contributed by atoms with Crippen LogP contribution < -0.4 is 0 Å². The van der Waals surface area contributed by atoms with Crippen molar-refractivity contribution in [1.82, 2.24) is 19.6 Å². The second kappa shape index (κ2) is 6.39. The second-order valence-corrected chi connectivity index (χ2v) is 5.25. The SMILES string of the molecule is COCCn1ncc(Cl)c1C(O)c1cnn(C(C)C)c1. The molecule has 0 aliphatic rings. The number of nitrogens with zero attached hydrogens (tertiary/aromatic N) is 4. The van der Waals surface area contributed by atoms with Gasteiger partial charge in [-0.05, 0) is 13.8 Å². The molecule has 6 nitrogen and oxygen atoms in total. The van der Waals surface area contributed by atoms with E-state index in [9.17, 15) is 5.11 Å². The molecule has 0 aromatic carbocycles. The van der Waals surface area contributed by atoms with Crippen molar-refractivity contribution < 1.29 is 9.84 Å². The molecule has 7 heteroatoms. The lowest BCUT2D eigenvalue weighted by molar-refractivity contribution is 0.171. The molecule has 0 bridgehead atoms. The topological polar surface area (TPSA) is 65.1 Å². The van der Waals surface area contributed by atoms with Crippen LogP contribution in [0.25, 0.3) is 0 Å². The third kappa shape index (κ3) is 3.03. The molecule has 0 saturated heterocycles. The van der Waals surface area contributed by atoms with Gasteiger partial charge in [-0.15, -0.1) is 0 Å². The Morgan fingerprint density at radius 2 is 2.10 bits per heavy atom. The Labute approximate surface area is 122 Å². The average molecular weight is 299 g/mol. The number of hydrogen-bond donors (Lipinski definition) is 1. The van der Waals surface area contributed by atoms with Gasteiger partial charge in [-0.1, -0.05) is 11.6 Å². The van der Waals surface area contributed by atoms with Crippen LogP contribution in [0.3, 0.4) is 0 Å². The molecule has 0 fully saturated rings. The van der Waals surface area contributed by atoms with Crippen LogP contribution in [0.2, 0.25) is 5.02 Å². The number of halogens is 1. The fourth-order valence-corrected chi connectivity index (χ4v) is 2.18. The number of aliphatic hydroxyl groups is 1. The van der Waals surface area contributed by atoms with Crippen LogP contribution in [0.4, 0.5) is 0 Å². The fourth-order valence-electron chi connectivity index (χ4n) is 1.93. The summed E-state index contributed by atoms with van der Waals surface area (Å²) < 4.78 is 8.48. The molecule has 2 aromatic rings. The maximum absolute atomic E-state index is 10.5. The highest BCUT2D eigenvalue weighted by molar-refractivity contribution is 6.31.